The molecule has 0 nitrogen and oxygen atoms in total. The molecule has 1 aromatic rings. The van der Waals surface area contributed by atoms with E-state index in [-0.39, 0.29) is 0 Å². The predicted octanol–water partition coefficient (Wildman–Crippen LogP) is 6.55. The van der Waals surface area contributed by atoms with Crippen molar-refractivity contribution in [2.75, 3.05) is 0 Å². The smallest absolute Gasteiger partial charge is 0.0791 e. The van der Waals surface area contributed by atoms with Crippen molar-refractivity contribution in [1.29, 1.82) is 0 Å². The molecule has 0 bridgehead atoms. The number of hydrogen-bond acceptors (Lipinski definition) is 5. The van der Waals surface area contributed by atoms with Gasteiger partial charge in [-0.3, -0.25) is 0 Å². The topological polar surface area (TPSA) is 0 Å². The average molecular weight is 512 g/mol. The Morgan fingerprint density at radius 2 is 1.53 bits per heavy atom. The van der Waals surface area contributed by atoms with Crippen LogP contribution in [-0.2, 0) is 0 Å². The number of rotatable bonds is 0. The van der Waals surface area contributed by atoms with Gasteiger partial charge < -0.3 is 0 Å². The standard InChI is InChI=1S/C8H2I2S5/c9-4-5(10)14-8(13-4)7-12-3-1-2-11-6(3)15-7/h1-2H. The van der Waals surface area contributed by atoms with Crippen LogP contribution in [0.25, 0.3) is 0 Å². The minimum Gasteiger partial charge on any atom is -0.136 e. The lowest BCUT2D eigenvalue weighted by Gasteiger charge is -1.99. The molecule has 0 aromatic carbocycles. The minimum atomic E-state index is 1.41. The quantitative estimate of drug-likeness (QED) is 0.362. The molecule has 2 aliphatic rings. The number of thioether (sulfide) groups is 4. The van der Waals surface area contributed by atoms with Crippen molar-refractivity contribution in [3.8, 4) is 0 Å². The van der Waals surface area contributed by atoms with Gasteiger partial charge in [-0.05, 0) is 56.6 Å². The molecule has 78 valence electrons. The van der Waals surface area contributed by atoms with E-state index in [0.717, 1.165) is 0 Å². The van der Waals surface area contributed by atoms with Gasteiger partial charge in [-0.2, -0.15) is 0 Å². The van der Waals surface area contributed by atoms with Gasteiger partial charge in [0.1, 0.15) is 0 Å². The summed E-state index contributed by atoms with van der Waals surface area (Å²) in [5.74, 6) is 0. The zero-order valence-corrected chi connectivity index (χ0v) is 15.3. The van der Waals surface area contributed by atoms with Gasteiger partial charge in [0.05, 0.1) is 18.5 Å². The predicted molar refractivity (Wildman–Crippen MR) is 93.3 cm³/mol. The van der Waals surface area contributed by atoms with Crippen LogP contribution in [0.5, 0.6) is 0 Å². The van der Waals surface area contributed by atoms with E-state index in [2.05, 4.69) is 56.6 Å². The minimum absolute atomic E-state index is 1.41. The van der Waals surface area contributed by atoms with Crippen molar-refractivity contribution in [3.05, 3.63) is 25.7 Å². The molecule has 3 heterocycles. The van der Waals surface area contributed by atoms with E-state index in [0.29, 0.717) is 0 Å². The summed E-state index contributed by atoms with van der Waals surface area (Å²) in [4.78, 5) is 1.44. The highest BCUT2D eigenvalue weighted by molar-refractivity contribution is 14.1. The third-order valence-corrected chi connectivity index (χ3v) is 12.3. The molecule has 0 spiro atoms. The zero-order chi connectivity index (χ0) is 10.4. The average Bonchev–Trinajstić information content (AvgIpc) is 2.80. The summed E-state index contributed by atoms with van der Waals surface area (Å²) >= 11 is 14.4. The largest absolute Gasteiger partial charge is 0.136 e. The second-order valence-electron chi connectivity index (χ2n) is 2.60. The molecule has 15 heavy (non-hydrogen) atoms. The van der Waals surface area contributed by atoms with Crippen LogP contribution in [0.15, 0.2) is 34.8 Å². The second-order valence-corrected chi connectivity index (χ2v) is 12.0. The summed E-state index contributed by atoms with van der Waals surface area (Å²) in [6, 6.07) is 2.22. The molecular formula is C8H2I2S5. The first-order valence-corrected chi connectivity index (χ1v) is 10.1. The molecule has 0 aliphatic carbocycles. The van der Waals surface area contributed by atoms with Crippen molar-refractivity contribution in [1.82, 2.24) is 0 Å². The Bertz CT molecular complexity index is 448. The Morgan fingerprint density at radius 1 is 0.867 bits per heavy atom. The molecule has 1 aromatic heterocycles. The maximum absolute atomic E-state index is 2.42. The monoisotopic (exact) mass is 512 g/mol. The third kappa shape index (κ3) is 2.43. The van der Waals surface area contributed by atoms with E-state index in [9.17, 15) is 0 Å². The van der Waals surface area contributed by atoms with Crippen LogP contribution in [0.4, 0.5) is 0 Å². The van der Waals surface area contributed by atoms with Crippen LogP contribution in [0.2, 0.25) is 0 Å². The van der Waals surface area contributed by atoms with Gasteiger partial charge >= 0.3 is 0 Å². The molecule has 0 N–H and O–H groups in total. The summed E-state index contributed by atoms with van der Waals surface area (Å²) in [7, 11) is 0. The first-order valence-electron chi connectivity index (χ1n) is 3.82. The van der Waals surface area contributed by atoms with E-state index in [1.165, 1.54) is 23.4 Å². The Labute approximate surface area is 136 Å². The fraction of sp³-hybridized carbons (Fsp3) is 0. The first kappa shape index (κ1) is 12.1. The summed E-state index contributed by atoms with van der Waals surface area (Å²) < 4.78 is 7.21. The van der Waals surface area contributed by atoms with Crippen LogP contribution in [0, 0.1) is 0 Å². The van der Waals surface area contributed by atoms with Crippen molar-refractivity contribution >= 4 is 104 Å². The third-order valence-electron chi connectivity index (χ3n) is 1.67. The molecular weight excluding hydrogens is 510 g/mol. The van der Waals surface area contributed by atoms with Gasteiger partial charge in [0, 0.05) is 4.90 Å². The first-order chi connectivity index (χ1) is 7.24. The maximum Gasteiger partial charge on any atom is 0.0791 e. The molecule has 0 amide bonds. The molecule has 2 aliphatic heterocycles. The highest BCUT2D eigenvalue weighted by Gasteiger charge is 2.27. The van der Waals surface area contributed by atoms with E-state index in [1.54, 1.807) is 0 Å². The van der Waals surface area contributed by atoms with Crippen molar-refractivity contribution < 1.29 is 0 Å². The lowest BCUT2D eigenvalue weighted by Crippen LogP contribution is -1.65. The van der Waals surface area contributed by atoms with E-state index in [1.807, 2.05) is 58.4 Å². The second kappa shape index (κ2) is 4.96. The highest BCUT2D eigenvalue weighted by atomic mass is 127. The normalized spacial score (nSPS) is 20.4. The summed E-state index contributed by atoms with van der Waals surface area (Å²) in [6.45, 7) is 0. The van der Waals surface area contributed by atoms with Gasteiger partial charge in [0.25, 0.3) is 0 Å². The fourth-order valence-corrected chi connectivity index (χ4v) is 10.0. The molecule has 7 heteroatoms. The Balaban J connectivity index is 1.88. The number of halogens is 2. The van der Waals surface area contributed by atoms with E-state index < -0.39 is 0 Å². The summed E-state index contributed by atoms with van der Waals surface area (Å²) in [6.07, 6.45) is 0. The Kier molecular flexibility index (Phi) is 4.00. The number of thiophene rings is 1. The fourth-order valence-electron chi connectivity index (χ4n) is 1.07. The highest BCUT2D eigenvalue weighted by Crippen LogP contribution is 2.63. The van der Waals surface area contributed by atoms with Gasteiger partial charge in [0.15, 0.2) is 0 Å². The van der Waals surface area contributed by atoms with Crippen LogP contribution < -0.4 is 0 Å². The van der Waals surface area contributed by atoms with E-state index in [4.69, 9.17) is 0 Å². The molecule has 3 rings (SSSR count). The lowest BCUT2D eigenvalue weighted by atomic mass is 10.7. The van der Waals surface area contributed by atoms with Crippen molar-refractivity contribution in [2.45, 2.75) is 9.10 Å². The van der Waals surface area contributed by atoms with Crippen LogP contribution >= 0.6 is 104 Å². The Hall–Kier alpha value is 2.04. The molecule has 0 saturated carbocycles. The maximum atomic E-state index is 2.42. The number of fused-ring (bicyclic) bond motifs is 1. The van der Waals surface area contributed by atoms with E-state index >= 15 is 0 Å². The van der Waals surface area contributed by atoms with Crippen LogP contribution in [0.3, 0.4) is 0 Å². The van der Waals surface area contributed by atoms with Crippen molar-refractivity contribution in [3.63, 3.8) is 0 Å². The van der Waals surface area contributed by atoms with Crippen LogP contribution in [0.1, 0.15) is 0 Å². The number of hydrogen-bond donors (Lipinski definition) is 0. The zero-order valence-electron chi connectivity index (χ0n) is 6.95. The molecule has 0 unspecified atom stereocenters. The summed E-state index contributed by atoms with van der Waals surface area (Å²) in [5, 5.41) is 2.17. The van der Waals surface area contributed by atoms with Gasteiger partial charge in [-0.1, -0.05) is 47.0 Å². The molecule has 0 radical (unpaired) electrons. The SMILES string of the molecule is IC1=C(I)SC(=C2Sc3ccsc3S2)S1. The summed E-state index contributed by atoms with van der Waals surface area (Å²) in [5.41, 5.74) is 0. The molecule has 0 atom stereocenters. The van der Waals surface area contributed by atoms with Gasteiger partial charge in [0.2, 0.25) is 0 Å². The van der Waals surface area contributed by atoms with Gasteiger partial charge in [-0.25, -0.2) is 0 Å². The van der Waals surface area contributed by atoms with Crippen LogP contribution in [-0.4, -0.2) is 0 Å². The molecule has 0 saturated heterocycles. The lowest BCUT2D eigenvalue weighted by molar-refractivity contribution is 1.43. The van der Waals surface area contributed by atoms with Gasteiger partial charge in [-0.15, -0.1) is 11.3 Å². The van der Waals surface area contributed by atoms with Crippen molar-refractivity contribution in [2.24, 2.45) is 0 Å². The Morgan fingerprint density at radius 3 is 2.20 bits per heavy atom. The molecule has 0 fully saturated rings.